The van der Waals surface area contributed by atoms with E-state index >= 15 is 0 Å². The zero-order valence-corrected chi connectivity index (χ0v) is 9.20. The number of hydrogen-bond donors (Lipinski definition) is 2. The van der Waals surface area contributed by atoms with Crippen molar-refractivity contribution >= 4 is 5.91 Å². The lowest BCUT2D eigenvalue weighted by Crippen LogP contribution is -2.24. The standard InChI is InChI=1S/C11H11FN4O/c1-7-8(6-15-16-7)5-14-11(17)9-3-2-4-13-10(9)12/h2-4,6H,5H2,1H3,(H,14,17)(H,15,16). The summed E-state index contributed by atoms with van der Waals surface area (Å²) in [6.45, 7) is 2.15. The maximum absolute atomic E-state index is 13.2. The molecule has 1 amide bonds. The highest BCUT2D eigenvalue weighted by atomic mass is 19.1. The van der Waals surface area contributed by atoms with Gasteiger partial charge in [0.1, 0.15) is 0 Å². The molecule has 0 spiro atoms. The van der Waals surface area contributed by atoms with Gasteiger partial charge in [-0.05, 0) is 19.1 Å². The van der Waals surface area contributed by atoms with Gasteiger partial charge in [-0.2, -0.15) is 9.49 Å². The predicted molar refractivity (Wildman–Crippen MR) is 58.7 cm³/mol. The third-order valence-electron chi connectivity index (χ3n) is 2.38. The zero-order valence-electron chi connectivity index (χ0n) is 9.20. The third kappa shape index (κ3) is 2.47. The number of aromatic nitrogens is 3. The molecule has 0 radical (unpaired) electrons. The molecule has 0 aliphatic carbocycles. The van der Waals surface area contributed by atoms with Crippen LogP contribution in [0.2, 0.25) is 0 Å². The van der Waals surface area contributed by atoms with Crippen molar-refractivity contribution in [1.82, 2.24) is 20.5 Å². The van der Waals surface area contributed by atoms with Crippen LogP contribution in [0.3, 0.4) is 0 Å². The molecule has 0 saturated carbocycles. The number of pyridine rings is 1. The van der Waals surface area contributed by atoms with E-state index in [4.69, 9.17) is 0 Å². The SMILES string of the molecule is Cc1[nH]ncc1CNC(=O)c1cccnc1F. The lowest BCUT2D eigenvalue weighted by atomic mass is 10.2. The minimum absolute atomic E-state index is 0.0614. The van der Waals surface area contributed by atoms with Crippen molar-refractivity contribution in [3.63, 3.8) is 0 Å². The fraction of sp³-hybridized carbons (Fsp3) is 0.182. The Kier molecular flexibility index (Phi) is 3.13. The number of amides is 1. The number of carbonyl (C=O) groups excluding carboxylic acids is 1. The highest BCUT2D eigenvalue weighted by Gasteiger charge is 2.12. The number of aryl methyl sites for hydroxylation is 1. The monoisotopic (exact) mass is 234 g/mol. The van der Waals surface area contributed by atoms with Gasteiger partial charge in [0.15, 0.2) is 0 Å². The summed E-state index contributed by atoms with van der Waals surface area (Å²) in [6, 6.07) is 2.90. The Morgan fingerprint density at radius 2 is 2.41 bits per heavy atom. The molecule has 17 heavy (non-hydrogen) atoms. The Bertz CT molecular complexity index is 538. The van der Waals surface area contributed by atoms with E-state index in [9.17, 15) is 9.18 Å². The Hall–Kier alpha value is -2.24. The van der Waals surface area contributed by atoms with Gasteiger partial charge in [-0.3, -0.25) is 9.89 Å². The molecule has 0 atom stereocenters. The van der Waals surface area contributed by atoms with Gasteiger partial charge in [0.25, 0.3) is 5.91 Å². The number of halogens is 1. The van der Waals surface area contributed by atoms with Gasteiger partial charge < -0.3 is 5.32 Å². The normalized spacial score (nSPS) is 10.2. The zero-order chi connectivity index (χ0) is 12.3. The summed E-state index contributed by atoms with van der Waals surface area (Å²) in [4.78, 5) is 15.1. The molecule has 2 N–H and O–H groups in total. The second-order valence-electron chi connectivity index (χ2n) is 3.54. The van der Waals surface area contributed by atoms with Crippen LogP contribution in [0.15, 0.2) is 24.5 Å². The first-order valence-electron chi connectivity index (χ1n) is 5.06. The first-order valence-corrected chi connectivity index (χ1v) is 5.06. The van der Waals surface area contributed by atoms with Crippen LogP contribution in [0, 0.1) is 12.9 Å². The molecule has 2 rings (SSSR count). The Morgan fingerprint density at radius 1 is 1.59 bits per heavy atom. The highest BCUT2D eigenvalue weighted by molar-refractivity contribution is 5.94. The van der Waals surface area contributed by atoms with E-state index in [1.807, 2.05) is 6.92 Å². The number of rotatable bonds is 3. The van der Waals surface area contributed by atoms with Crippen molar-refractivity contribution in [2.75, 3.05) is 0 Å². The van der Waals surface area contributed by atoms with Gasteiger partial charge >= 0.3 is 0 Å². The second-order valence-corrected chi connectivity index (χ2v) is 3.54. The van der Waals surface area contributed by atoms with Crippen molar-refractivity contribution in [3.8, 4) is 0 Å². The Balaban J connectivity index is 2.04. The average Bonchev–Trinajstić information content (AvgIpc) is 2.72. The van der Waals surface area contributed by atoms with Crippen molar-refractivity contribution in [1.29, 1.82) is 0 Å². The van der Waals surface area contributed by atoms with E-state index in [0.29, 0.717) is 6.54 Å². The number of carbonyl (C=O) groups is 1. The molecule has 0 saturated heterocycles. The van der Waals surface area contributed by atoms with E-state index in [1.54, 1.807) is 6.20 Å². The molecule has 2 aromatic rings. The Morgan fingerprint density at radius 3 is 3.06 bits per heavy atom. The van der Waals surface area contributed by atoms with E-state index in [0.717, 1.165) is 11.3 Å². The molecule has 6 heteroatoms. The molecule has 0 unspecified atom stereocenters. The fourth-order valence-corrected chi connectivity index (χ4v) is 1.38. The van der Waals surface area contributed by atoms with E-state index in [1.165, 1.54) is 18.3 Å². The van der Waals surface area contributed by atoms with Gasteiger partial charge in [-0.15, -0.1) is 0 Å². The topological polar surface area (TPSA) is 70.7 Å². The molecule has 5 nitrogen and oxygen atoms in total. The van der Waals surface area contributed by atoms with Gasteiger partial charge in [0.2, 0.25) is 5.95 Å². The van der Waals surface area contributed by atoms with Gasteiger partial charge in [0, 0.05) is 24.0 Å². The van der Waals surface area contributed by atoms with Crippen LogP contribution < -0.4 is 5.32 Å². The largest absolute Gasteiger partial charge is 0.348 e. The molecule has 0 aromatic carbocycles. The van der Waals surface area contributed by atoms with Crippen molar-refractivity contribution < 1.29 is 9.18 Å². The first-order chi connectivity index (χ1) is 8.18. The maximum atomic E-state index is 13.2. The first kappa shape index (κ1) is 11.3. The van der Waals surface area contributed by atoms with E-state index in [-0.39, 0.29) is 5.56 Å². The van der Waals surface area contributed by atoms with Gasteiger partial charge in [-0.1, -0.05) is 0 Å². The lowest BCUT2D eigenvalue weighted by Gasteiger charge is -2.04. The van der Waals surface area contributed by atoms with Crippen LogP contribution in [-0.2, 0) is 6.54 Å². The van der Waals surface area contributed by atoms with E-state index < -0.39 is 11.9 Å². The number of aromatic amines is 1. The summed E-state index contributed by atoms with van der Waals surface area (Å²) in [5.41, 5.74) is 1.67. The van der Waals surface area contributed by atoms with Crippen LogP contribution in [0.1, 0.15) is 21.6 Å². The number of nitrogens with zero attached hydrogens (tertiary/aromatic N) is 2. The second kappa shape index (κ2) is 4.73. The molecular formula is C11H11FN4O. The van der Waals surface area contributed by atoms with Crippen LogP contribution >= 0.6 is 0 Å². The molecule has 2 heterocycles. The molecule has 0 aliphatic heterocycles. The summed E-state index contributed by atoms with van der Waals surface area (Å²) in [6.07, 6.45) is 2.92. The molecule has 0 bridgehead atoms. The van der Waals surface area contributed by atoms with Crippen molar-refractivity contribution in [2.45, 2.75) is 13.5 Å². The minimum Gasteiger partial charge on any atom is -0.348 e. The summed E-state index contributed by atoms with van der Waals surface area (Å²) in [5, 5.41) is 9.19. The van der Waals surface area contributed by atoms with Gasteiger partial charge in [0.05, 0.1) is 11.8 Å². The molecule has 88 valence electrons. The lowest BCUT2D eigenvalue weighted by molar-refractivity contribution is 0.0946. The van der Waals surface area contributed by atoms with Crippen LogP contribution in [-0.4, -0.2) is 21.1 Å². The molecule has 2 aromatic heterocycles. The summed E-state index contributed by atoms with van der Waals surface area (Å²) < 4.78 is 13.2. The number of nitrogens with one attached hydrogen (secondary N) is 2. The van der Waals surface area contributed by atoms with E-state index in [2.05, 4.69) is 20.5 Å². The highest BCUT2D eigenvalue weighted by Crippen LogP contribution is 2.05. The smallest absolute Gasteiger partial charge is 0.256 e. The number of H-pyrrole nitrogens is 1. The van der Waals surface area contributed by atoms with Crippen molar-refractivity contribution in [2.24, 2.45) is 0 Å². The summed E-state index contributed by atoms with van der Waals surface area (Å²) >= 11 is 0. The summed E-state index contributed by atoms with van der Waals surface area (Å²) in [5.74, 6) is -1.26. The molecular weight excluding hydrogens is 223 g/mol. The summed E-state index contributed by atoms with van der Waals surface area (Å²) in [7, 11) is 0. The van der Waals surface area contributed by atoms with Gasteiger partial charge in [-0.25, -0.2) is 4.98 Å². The molecule has 0 aliphatic rings. The Labute approximate surface area is 97.1 Å². The van der Waals surface area contributed by atoms with Crippen LogP contribution in [0.4, 0.5) is 4.39 Å². The maximum Gasteiger partial charge on any atom is 0.256 e. The third-order valence-corrected chi connectivity index (χ3v) is 2.38. The minimum atomic E-state index is -0.770. The van der Waals surface area contributed by atoms with Crippen LogP contribution in [0.25, 0.3) is 0 Å². The average molecular weight is 234 g/mol. The fourth-order valence-electron chi connectivity index (χ4n) is 1.38. The van der Waals surface area contributed by atoms with Crippen molar-refractivity contribution in [3.05, 3.63) is 47.3 Å². The van der Waals surface area contributed by atoms with Crippen LogP contribution in [0.5, 0.6) is 0 Å². The predicted octanol–water partition coefficient (Wildman–Crippen LogP) is 1.18. The quantitative estimate of drug-likeness (QED) is 0.783. The number of hydrogen-bond acceptors (Lipinski definition) is 3. The molecule has 0 fully saturated rings.